The summed E-state index contributed by atoms with van der Waals surface area (Å²) in [5.41, 5.74) is -6.95. The van der Waals surface area contributed by atoms with E-state index in [4.69, 9.17) is 0 Å². The molecule has 0 bridgehead atoms. The molecule has 0 rings (SSSR count). The first-order valence-corrected chi connectivity index (χ1v) is 15.4. The summed E-state index contributed by atoms with van der Waals surface area (Å²) >= 11 is 0. The molecule has 10 nitrogen and oxygen atoms in total. The maximum absolute atomic E-state index is 13.0. The highest BCUT2D eigenvalue weighted by molar-refractivity contribution is 6.13. The number of ketones is 10. The van der Waals surface area contributed by atoms with Crippen molar-refractivity contribution in [3.8, 4) is 0 Å². The van der Waals surface area contributed by atoms with E-state index >= 15 is 0 Å². The van der Waals surface area contributed by atoms with Crippen LogP contribution in [-0.4, -0.2) is 57.8 Å². The van der Waals surface area contributed by atoms with Crippen LogP contribution in [0.3, 0.4) is 0 Å². The molecular weight excluding hydrogens is 580 g/mol. The Kier molecular flexibility index (Phi) is 14.2. The summed E-state index contributed by atoms with van der Waals surface area (Å²) in [4.78, 5) is 126. The Labute approximate surface area is 267 Å². The minimum atomic E-state index is -1.53. The number of carbonyl (C=O) groups excluding carboxylic acids is 10. The van der Waals surface area contributed by atoms with Crippen LogP contribution >= 0.6 is 0 Å². The van der Waals surface area contributed by atoms with E-state index in [0.29, 0.717) is 0 Å². The van der Waals surface area contributed by atoms with Crippen LogP contribution in [0.1, 0.15) is 134 Å². The Balaban J connectivity index is 5.16. The molecule has 0 N–H and O–H groups in total. The molecule has 0 spiro atoms. The topological polar surface area (TPSA) is 171 Å². The Morgan fingerprint density at radius 2 is 0.378 bits per heavy atom. The largest absolute Gasteiger partial charge is 0.299 e. The van der Waals surface area contributed by atoms with Crippen molar-refractivity contribution in [2.24, 2.45) is 27.1 Å². The van der Waals surface area contributed by atoms with E-state index in [1.54, 1.807) is 0 Å². The van der Waals surface area contributed by atoms with Crippen molar-refractivity contribution in [3.05, 3.63) is 0 Å². The Morgan fingerprint density at radius 1 is 0.267 bits per heavy atom. The molecule has 45 heavy (non-hydrogen) atoms. The average Bonchev–Trinajstić information content (AvgIpc) is 2.94. The van der Waals surface area contributed by atoms with Crippen LogP contribution in [0.2, 0.25) is 0 Å². The molecule has 0 radical (unpaired) electrons. The molecule has 0 heterocycles. The summed E-state index contributed by atoms with van der Waals surface area (Å²) in [5, 5.41) is 0. The number of carbonyl (C=O) groups is 10. The second-order valence-electron chi connectivity index (χ2n) is 14.6. The first kappa shape index (κ1) is 41.7. The molecule has 0 saturated carbocycles. The van der Waals surface area contributed by atoms with E-state index in [-0.39, 0.29) is 62.9 Å². The lowest BCUT2D eigenvalue weighted by Crippen LogP contribution is -2.38. The van der Waals surface area contributed by atoms with Gasteiger partial charge in [0.05, 0.1) is 27.1 Å². The van der Waals surface area contributed by atoms with Gasteiger partial charge < -0.3 is 0 Å². The van der Waals surface area contributed by atoms with E-state index in [1.807, 2.05) is 0 Å². The smallest absolute Gasteiger partial charge is 0.146 e. The third-order valence-electron chi connectivity index (χ3n) is 9.65. The van der Waals surface area contributed by atoms with Crippen molar-refractivity contribution < 1.29 is 47.9 Å². The van der Waals surface area contributed by atoms with Crippen molar-refractivity contribution in [1.82, 2.24) is 0 Å². The van der Waals surface area contributed by atoms with Crippen LogP contribution < -0.4 is 0 Å². The zero-order chi connectivity index (χ0) is 35.9. The Hall–Kier alpha value is -3.30. The second-order valence-corrected chi connectivity index (χ2v) is 14.6. The molecule has 0 aromatic heterocycles. The fourth-order valence-corrected chi connectivity index (χ4v) is 4.27. The summed E-state index contributed by atoms with van der Waals surface area (Å²) in [5.74, 6) is -4.59. The molecule has 0 aliphatic rings. The van der Waals surface area contributed by atoms with Crippen molar-refractivity contribution in [2.75, 3.05) is 0 Å². The minimum Gasteiger partial charge on any atom is -0.299 e. The maximum atomic E-state index is 13.0. The van der Waals surface area contributed by atoms with Gasteiger partial charge in [-0.2, -0.15) is 0 Å². The lowest BCUT2D eigenvalue weighted by molar-refractivity contribution is -0.145. The first-order chi connectivity index (χ1) is 20.1. The summed E-state index contributed by atoms with van der Waals surface area (Å²) < 4.78 is 0. The summed E-state index contributed by atoms with van der Waals surface area (Å²) in [6, 6.07) is 0. The number of Topliss-reactive ketones (excluding diaryl/α,β-unsaturated/α-hetero) is 10. The monoisotopic (exact) mass is 632 g/mol. The lowest BCUT2D eigenvalue weighted by Gasteiger charge is -2.26. The van der Waals surface area contributed by atoms with E-state index in [9.17, 15) is 47.9 Å². The van der Waals surface area contributed by atoms with E-state index in [2.05, 4.69) is 0 Å². The van der Waals surface area contributed by atoms with Gasteiger partial charge in [-0.1, -0.05) is 0 Å². The van der Waals surface area contributed by atoms with Gasteiger partial charge in [-0.3, -0.25) is 47.9 Å². The SMILES string of the molecule is CC(=O)C(C)(C)C(=O)CCC(=O)C(C)(C)C(=O)CCC(=O)C(C)(C)C(=O)CCC(=O)C(C)(C)C(=O)CCC(=O)C(C)(C)C(C)=O. The van der Waals surface area contributed by atoms with Gasteiger partial charge in [0.2, 0.25) is 0 Å². The van der Waals surface area contributed by atoms with Gasteiger partial charge in [0.1, 0.15) is 57.8 Å². The molecule has 0 aliphatic carbocycles. The molecule has 10 heteroatoms. The van der Waals surface area contributed by atoms with Gasteiger partial charge in [-0.05, 0) is 83.1 Å². The van der Waals surface area contributed by atoms with E-state index < -0.39 is 73.3 Å². The standard InChI is InChI=1S/C35H52O10/c1-21(36)31(3,4)23(38)13-15-25(40)33(7,8)27(42)17-19-29(44)35(11,12)30(45)20-18-28(43)34(9,10)26(41)16-14-24(39)32(5,6)22(2)37/h13-20H2,1-12H3. The third kappa shape index (κ3) is 10.4. The van der Waals surface area contributed by atoms with Gasteiger partial charge in [-0.25, -0.2) is 0 Å². The van der Waals surface area contributed by atoms with Gasteiger partial charge in [0, 0.05) is 51.4 Å². The van der Waals surface area contributed by atoms with E-state index in [0.717, 1.165) is 0 Å². The zero-order valence-electron chi connectivity index (χ0n) is 29.2. The number of hydrogen-bond donors (Lipinski definition) is 0. The van der Waals surface area contributed by atoms with Crippen molar-refractivity contribution in [1.29, 1.82) is 0 Å². The summed E-state index contributed by atoms with van der Waals surface area (Å²) in [6.45, 7) is 16.9. The molecule has 0 aliphatic heterocycles. The van der Waals surface area contributed by atoms with Gasteiger partial charge >= 0.3 is 0 Å². The van der Waals surface area contributed by atoms with Crippen molar-refractivity contribution >= 4 is 57.8 Å². The fraction of sp³-hybridized carbons (Fsp3) is 0.714. The highest BCUT2D eigenvalue weighted by Crippen LogP contribution is 2.30. The quantitative estimate of drug-likeness (QED) is 0.148. The molecule has 0 saturated heterocycles. The van der Waals surface area contributed by atoms with Gasteiger partial charge in [0.25, 0.3) is 0 Å². The van der Waals surface area contributed by atoms with Crippen LogP contribution in [0.5, 0.6) is 0 Å². The molecule has 0 aromatic rings. The number of hydrogen-bond acceptors (Lipinski definition) is 10. The lowest BCUT2D eigenvalue weighted by atomic mass is 9.74. The van der Waals surface area contributed by atoms with Crippen LogP contribution in [0, 0.1) is 27.1 Å². The van der Waals surface area contributed by atoms with Crippen LogP contribution in [0.15, 0.2) is 0 Å². The highest BCUT2D eigenvalue weighted by atomic mass is 16.2. The fourth-order valence-electron chi connectivity index (χ4n) is 4.27. The maximum Gasteiger partial charge on any atom is 0.146 e. The normalized spacial score (nSPS) is 12.7. The molecule has 252 valence electrons. The molecule has 0 amide bonds. The second kappa shape index (κ2) is 15.3. The molecule has 0 fully saturated rings. The van der Waals surface area contributed by atoms with E-state index in [1.165, 1.54) is 83.1 Å². The predicted molar refractivity (Wildman–Crippen MR) is 167 cm³/mol. The highest BCUT2D eigenvalue weighted by Gasteiger charge is 2.41. The summed E-state index contributed by atoms with van der Waals surface area (Å²) in [7, 11) is 0. The van der Waals surface area contributed by atoms with Crippen LogP contribution in [0.25, 0.3) is 0 Å². The van der Waals surface area contributed by atoms with Crippen molar-refractivity contribution in [3.63, 3.8) is 0 Å². The third-order valence-corrected chi connectivity index (χ3v) is 9.65. The predicted octanol–water partition coefficient (Wildman–Crippen LogP) is 4.97. The molecule has 0 aromatic carbocycles. The van der Waals surface area contributed by atoms with Crippen LogP contribution in [0.4, 0.5) is 0 Å². The van der Waals surface area contributed by atoms with Crippen LogP contribution in [-0.2, 0) is 47.9 Å². The molecule has 0 unspecified atom stereocenters. The average molecular weight is 633 g/mol. The zero-order valence-corrected chi connectivity index (χ0v) is 29.2. The van der Waals surface area contributed by atoms with Crippen molar-refractivity contribution in [2.45, 2.75) is 134 Å². The van der Waals surface area contributed by atoms with Gasteiger partial charge in [0.15, 0.2) is 0 Å². The van der Waals surface area contributed by atoms with Gasteiger partial charge in [-0.15, -0.1) is 0 Å². The minimum absolute atomic E-state index is 0.195. The number of rotatable bonds is 22. The summed E-state index contributed by atoms with van der Waals surface area (Å²) in [6.07, 6.45) is -2.08. The molecular formula is C35H52O10. The Bertz CT molecular complexity index is 1170. The molecule has 0 atom stereocenters. The first-order valence-electron chi connectivity index (χ1n) is 15.4. The Morgan fingerprint density at radius 3 is 0.489 bits per heavy atom.